The number of anilines is 2. The van der Waals surface area contributed by atoms with Gasteiger partial charge in [0, 0.05) is 58.7 Å². The van der Waals surface area contributed by atoms with E-state index in [-0.39, 0.29) is 0 Å². The number of pyridine rings is 2. The molecule has 2 aromatic carbocycles. The van der Waals surface area contributed by atoms with E-state index in [1.165, 1.54) is 0 Å². The number of aromatic nitrogens is 2. The predicted molar refractivity (Wildman–Crippen MR) is 134 cm³/mol. The summed E-state index contributed by atoms with van der Waals surface area (Å²) in [6.45, 7) is 3.36. The Hall–Kier alpha value is -3.45. The van der Waals surface area contributed by atoms with Gasteiger partial charge in [0.25, 0.3) is 0 Å². The summed E-state index contributed by atoms with van der Waals surface area (Å²) in [4.78, 5) is 24.8. The number of fused-ring (bicyclic) bond motifs is 5. The molecule has 0 radical (unpaired) electrons. The van der Waals surface area contributed by atoms with Crippen molar-refractivity contribution in [1.29, 1.82) is 0 Å². The van der Waals surface area contributed by atoms with Crippen LogP contribution in [-0.4, -0.2) is 36.1 Å². The van der Waals surface area contributed by atoms with Crippen molar-refractivity contribution in [3.8, 4) is 11.1 Å². The molecule has 3 aromatic rings. The molecule has 3 heterocycles. The number of aromatic amines is 1. The van der Waals surface area contributed by atoms with E-state index in [0.29, 0.717) is 5.69 Å². The molecule has 2 aliphatic heterocycles. The van der Waals surface area contributed by atoms with Gasteiger partial charge in [-0.15, -0.1) is 4.91 Å². The summed E-state index contributed by atoms with van der Waals surface area (Å²) in [5, 5.41) is 6.54. The number of nitrogens with zero attached hydrogens (tertiary/aromatic N) is 4. The standard InChI is InChI=1S/C25H20BrN5O/c26-16-8-9-20-19(15-16)22-17-5-1-2-6-18(17)24(29-32)23(22)25(28-20)31-13-11-30(12-14-31)21-7-3-4-10-27-21/h1-10,15,28H,11-14H2. The summed E-state index contributed by atoms with van der Waals surface area (Å²) in [6.07, 6.45) is 1.83. The van der Waals surface area contributed by atoms with Crippen molar-refractivity contribution in [3.05, 3.63) is 76.2 Å². The molecule has 158 valence electrons. The first kappa shape index (κ1) is 19.3. The van der Waals surface area contributed by atoms with Gasteiger partial charge in [-0.3, -0.25) is 0 Å². The number of halogens is 1. The highest BCUT2D eigenvalue weighted by Crippen LogP contribution is 2.52. The number of piperazine rings is 1. The minimum Gasteiger partial charge on any atom is -0.354 e. The van der Waals surface area contributed by atoms with E-state index in [1.54, 1.807) is 0 Å². The fourth-order valence-corrected chi connectivity index (χ4v) is 5.22. The van der Waals surface area contributed by atoms with Gasteiger partial charge in [-0.2, -0.15) is 0 Å². The topological polar surface area (TPSA) is 64.6 Å². The average Bonchev–Trinajstić information content (AvgIpc) is 3.19. The Labute approximate surface area is 193 Å². The van der Waals surface area contributed by atoms with Crippen LogP contribution in [0.5, 0.6) is 0 Å². The first-order valence-electron chi connectivity index (χ1n) is 10.6. The molecule has 0 atom stereocenters. The molecule has 6 rings (SSSR count). The monoisotopic (exact) mass is 485 g/mol. The highest BCUT2D eigenvalue weighted by atomic mass is 79.9. The summed E-state index contributed by atoms with van der Waals surface area (Å²) in [5.41, 5.74) is 3.53. The van der Waals surface area contributed by atoms with Crippen LogP contribution in [0.2, 0.25) is 0 Å². The normalized spacial score (nSPS) is 14.5. The van der Waals surface area contributed by atoms with Gasteiger partial charge in [0.2, 0.25) is 0 Å². The van der Waals surface area contributed by atoms with Gasteiger partial charge < -0.3 is 14.8 Å². The Morgan fingerprint density at radius 3 is 2.34 bits per heavy atom. The lowest BCUT2D eigenvalue weighted by Gasteiger charge is -2.37. The lowest BCUT2D eigenvalue weighted by molar-refractivity contribution is 0.643. The molecule has 0 bridgehead atoms. The van der Waals surface area contributed by atoms with Gasteiger partial charge in [-0.05, 0) is 40.9 Å². The van der Waals surface area contributed by atoms with Crippen LogP contribution in [0.15, 0.2) is 76.5 Å². The molecule has 7 heteroatoms. The second kappa shape index (κ2) is 7.60. The molecule has 1 aliphatic carbocycles. The van der Waals surface area contributed by atoms with Crippen LogP contribution in [0.3, 0.4) is 0 Å². The van der Waals surface area contributed by atoms with Gasteiger partial charge >= 0.3 is 0 Å². The highest BCUT2D eigenvalue weighted by molar-refractivity contribution is 9.10. The SMILES string of the molecule is O=Nc1c2c(N3CCN(c4ccccn4)CC3)[nH]c3ccc(Br)cc3c-2c2ccccc12. The molecular formula is C25H20BrN5O. The number of H-pyrrole nitrogens is 1. The van der Waals surface area contributed by atoms with Crippen LogP contribution in [0, 0.1) is 4.91 Å². The molecular weight excluding hydrogens is 466 g/mol. The predicted octanol–water partition coefficient (Wildman–Crippen LogP) is 6.31. The Kier molecular flexibility index (Phi) is 4.57. The molecule has 1 N–H and O–H groups in total. The van der Waals surface area contributed by atoms with E-state index < -0.39 is 0 Å². The highest BCUT2D eigenvalue weighted by Gasteiger charge is 2.29. The zero-order chi connectivity index (χ0) is 21.7. The van der Waals surface area contributed by atoms with Gasteiger partial charge in [0.15, 0.2) is 0 Å². The van der Waals surface area contributed by atoms with Gasteiger partial charge in [-0.1, -0.05) is 46.3 Å². The van der Waals surface area contributed by atoms with Crippen molar-refractivity contribution in [3.63, 3.8) is 0 Å². The molecule has 1 aromatic heterocycles. The molecule has 0 amide bonds. The summed E-state index contributed by atoms with van der Waals surface area (Å²) < 4.78 is 1.00. The fraction of sp³-hybridized carbons (Fsp3) is 0.160. The maximum atomic E-state index is 12.1. The molecule has 1 fully saturated rings. The van der Waals surface area contributed by atoms with Crippen molar-refractivity contribution < 1.29 is 0 Å². The number of hydrogen-bond acceptors (Lipinski definition) is 5. The number of rotatable bonds is 3. The zero-order valence-corrected chi connectivity index (χ0v) is 18.8. The second-order valence-corrected chi connectivity index (χ2v) is 8.98. The average molecular weight is 486 g/mol. The van der Waals surface area contributed by atoms with E-state index in [0.717, 1.165) is 75.1 Å². The van der Waals surface area contributed by atoms with Crippen molar-refractivity contribution in [1.82, 2.24) is 9.97 Å². The largest absolute Gasteiger partial charge is 0.354 e. The lowest BCUT2D eigenvalue weighted by atomic mass is 10.0. The molecule has 1 saturated heterocycles. The van der Waals surface area contributed by atoms with E-state index in [2.05, 4.69) is 59.1 Å². The first-order chi connectivity index (χ1) is 15.7. The minimum absolute atomic E-state index is 0.510. The third-order valence-electron chi connectivity index (χ3n) is 6.34. The lowest BCUT2D eigenvalue weighted by Crippen LogP contribution is -2.47. The van der Waals surface area contributed by atoms with Gasteiger partial charge in [-0.25, -0.2) is 4.98 Å². The maximum absolute atomic E-state index is 12.1. The molecule has 32 heavy (non-hydrogen) atoms. The summed E-state index contributed by atoms with van der Waals surface area (Å²) >= 11 is 3.61. The Balaban J connectivity index is 1.52. The number of nitrogens with one attached hydrogen (secondary N) is 1. The van der Waals surface area contributed by atoms with Crippen molar-refractivity contribution in [2.45, 2.75) is 0 Å². The van der Waals surface area contributed by atoms with Gasteiger partial charge in [0.05, 0.1) is 5.56 Å². The molecule has 0 saturated carbocycles. The van der Waals surface area contributed by atoms with Crippen LogP contribution >= 0.6 is 15.9 Å². The third-order valence-corrected chi connectivity index (χ3v) is 6.83. The van der Waals surface area contributed by atoms with Crippen LogP contribution in [0.4, 0.5) is 17.3 Å². The summed E-state index contributed by atoms with van der Waals surface area (Å²) in [5.74, 6) is 1.96. The van der Waals surface area contributed by atoms with Crippen molar-refractivity contribution >= 4 is 54.9 Å². The Morgan fingerprint density at radius 1 is 0.844 bits per heavy atom. The van der Waals surface area contributed by atoms with Crippen molar-refractivity contribution in [2.24, 2.45) is 5.18 Å². The number of benzene rings is 2. The number of hydrogen-bond donors (Lipinski definition) is 1. The molecule has 3 aliphatic rings. The Bertz CT molecular complexity index is 1420. The smallest absolute Gasteiger partial charge is 0.128 e. The summed E-state index contributed by atoms with van der Waals surface area (Å²) in [6, 6.07) is 20.3. The molecule has 0 spiro atoms. The molecule has 6 nitrogen and oxygen atoms in total. The van der Waals surface area contributed by atoms with E-state index in [1.807, 2.05) is 48.7 Å². The van der Waals surface area contributed by atoms with Crippen molar-refractivity contribution in [2.75, 3.05) is 36.0 Å². The van der Waals surface area contributed by atoms with E-state index in [4.69, 9.17) is 0 Å². The quantitative estimate of drug-likeness (QED) is 0.304. The fourth-order valence-electron chi connectivity index (χ4n) is 4.86. The van der Waals surface area contributed by atoms with Crippen LogP contribution < -0.4 is 9.80 Å². The van der Waals surface area contributed by atoms with Crippen LogP contribution in [-0.2, 0) is 0 Å². The van der Waals surface area contributed by atoms with E-state index in [9.17, 15) is 4.91 Å². The van der Waals surface area contributed by atoms with E-state index >= 15 is 0 Å². The van der Waals surface area contributed by atoms with Crippen LogP contribution in [0.25, 0.3) is 32.8 Å². The minimum atomic E-state index is 0.510. The second-order valence-electron chi connectivity index (χ2n) is 8.06. The number of nitroso groups, excluding NO2 is 1. The maximum Gasteiger partial charge on any atom is 0.128 e. The summed E-state index contributed by atoms with van der Waals surface area (Å²) in [7, 11) is 0. The third kappa shape index (κ3) is 2.96. The van der Waals surface area contributed by atoms with Gasteiger partial charge in [0.1, 0.15) is 17.3 Å². The Morgan fingerprint density at radius 2 is 1.59 bits per heavy atom. The zero-order valence-electron chi connectivity index (χ0n) is 17.3. The molecule has 0 unspecified atom stereocenters. The first-order valence-corrected chi connectivity index (χ1v) is 11.4. The van der Waals surface area contributed by atoms with Crippen LogP contribution in [0.1, 0.15) is 0 Å².